The lowest BCUT2D eigenvalue weighted by atomic mass is 10.0. The summed E-state index contributed by atoms with van der Waals surface area (Å²) in [7, 11) is 0. The molecule has 5 nitrogen and oxygen atoms in total. The van der Waals surface area contributed by atoms with Crippen molar-refractivity contribution < 1.29 is 9.59 Å². The maximum absolute atomic E-state index is 11.9. The molecule has 112 valence electrons. The molecule has 0 radical (unpaired) electrons. The SMILES string of the molecule is O=CN1CCC(Nc2ccc3c4c(cccc24)C(=O)N3)CC1. The molecule has 0 aromatic heterocycles. The maximum Gasteiger partial charge on any atom is 0.256 e. The summed E-state index contributed by atoms with van der Waals surface area (Å²) >= 11 is 0. The molecule has 2 heterocycles. The van der Waals surface area contributed by atoms with Gasteiger partial charge in [-0.05, 0) is 31.0 Å². The van der Waals surface area contributed by atoms with Gasteiger partial charge in [0.05, 0.1) is 0 Å². The molecule has 2 aliphatic heterocycles. The summed E-state index contributed by atoms with van der Waals surface area (Å²) in [5, 5.41) is 8.56. The van der Waals surface area contributed by atoms with Crippen molar-refractivity contribution in [1.82, 2.24) is 4.90 Å². The predicted octanol–water partition coefficient (Wildman–Crippen LogP) is 2.44. The van der Waals surface area contributed by atoms with E-state index < -0.39 is 0 Å². The minimum Gasteiger partial charge on any atom is -0.382 e. The lowest BCUT2D eigenvalue weighted by Gasteiger charge is -2.30. The normalized spacial score (nSPS) is 17.6. The zero-order chi connectivity index (χ0) is 15.1. The van der Waals surface area contributed by atoms with Crippen molar-refractivity contribution in [2.24, 2.45) is 0 Å². The Labute approximate surface area is 128 Å². The maximum atomic E-state index is 11.9. The van der Waals surface area contributed by atoms with E-state index in [2.05, 4.69) is 10.6 Å². The monoisotopic (exact) mass is 295 g/mol. The molecule has 0 saturated carbocycles. The molecule has 2 N–H and O–H groups in total. The molecule has 2 aliphatic rings. The van der Waals surface area contributed by atoms with Crippen LogP contribution in [0.5, 0.6) is 0 Å². The van der Waals surface area contributed by atoms with Gasteiger partial charge in [0.25, 0.3) is 5.91 Å². The Morgan fingerprint density at radius 3 is 2.77 bits per heavy atom. The average molecular weight is 295 g/mol. The van der Waals surface area contributed by atoms with Crippen LogP contribution in [0.1, 0.15) is 23.2 Å². The zero-order valence-corrected chi connectivity index (χ0v) is 12.1. The van der Waals surface area contributed by atoms with E-state index in [9.17, 15) is 9.59 Å². The van der Waals surface area contributed by atoms with E-state index in [-0.39, 0.29) is 5.91 Å². The van der Waals surface area contributed by atoms with Crippen LogP contribution in [0.4, 0.5) is 11.4 Å². The van der Waals surface area contributed by atoms with Gasteiger partial charge < -0.3 is 15.5 Å². The molecule has 0 atom stereocenters. The highest BCUT2D eigenvalue weighted by molar-refractivity contribution is 6.25. The smallest absolute Gasteiger partial charge is 0.256 e. The van der Waals surface area contributed by atoms with E-state index in [1.54, 1.807) is 0 Å². The van der Waals surface area contributed by atoms with Gasteiger partial charge in [0.1, 0.15) is 0 Å². The van der Waals surface area contributed by atoms with E-state index in [4.69, 9.17) is 0 Å². The fourth-order valence-electron chi connectivity index (χ4n) is 3.38. The summed E-state index contributed by atoms with van der Waals surface area (Å²) in [5.41, 5.74) is 2.69. The quantitative estimate of drug-likeness (QED) is 0.855. The van der Waals surface area contributed by atoms with Gasteiger partial charge in [-0.3, -0.25) is 9.59 Å². The van der Waals surface area contributed by atoms with Gasteiger partial charge in [0.15, 0.2) is 0 Å². The second kappa shape index (κ2) is 5.02. The minimum absolute atomic E-state index is 0.0305. The van der Waals surface area contributed by atoms with E-state index >= 15 is 0 Å². The fraction of sp³-hybridized carbons (Fsp3) is 0.294. The standard InChI is InChI=1S/C17H17N3O2/c21-10-20-8-6-11(7-9-20)18-14-4-5-15-16-12(14)2-1-3-13(16)17(22)19-15/h1-5,10-11,18H,6-9H2,(H,19,22). The first-order valence-corrected chi connectivity index (χ1v) is 7.59. The van der Waals surface area contributed by atoms with Crippen LogP contribution in [0, 0.1) is 0 Å². The Morgan fingerprint density at radius 1 is 1.18 bits per heavy atom. The van der Waals surface area contributed by atoms with Crippen molar-refractivity contribution in [1.29, 1.82) is 0 Å². The Bertz CT molecular complexity index is 764. The van der Waals surface area contributed by atoms with E-state index in [0.717, 1.165) is 60.1 Å². The van der Waals surface area contributed by atoms with E-state index in [0.29, 0.717) is 6.04 Å². The molecule has 0 aliphatic carbocycles. The number of hydrogen-bond donors (Lipinski definition) is 2. The number of amides is 2. The molecule has 2 amide bonds. The average Bonchev–Trinajstić information content (AvgIpc) is 2.89. The van der Waals surface area contributed by atoms with Gasteiger partial charge in [-0.2, -0.15) is 0 Å². The van der Waals surface area contributed by atoms with Crippen molar-refractivity contribution in [3.63, 3.8) is 0 Å². The highest BCUT2D eigenvalue weighted by atomic mass is 16.2. The molecule has 0 bridgehead atoms. The van der Waals surface area contributed by atoms with Crippen LogP contribution in [0.25, 0.3) is 10.8 Å². The van der Waals surface area contributed by atoms with Gasteiger partial charge in [0, 0.05) is 46.8 Å². The number of likely N-dealkylation sites (tertiary alicyclic amines) is 1. The van der Waals surface area contributed by atoms with Crippen LogP contribution in [0.3, 0.4) is 0 Å². The van der Waals surface area contributed by atoms with Gasteiger partial charge in [0.2, 0.25) is 6.41 Å². The first kappa shape index (κ1) is 13.1. The van der Waals surface area contributed by atoms with Crippen molar-refractivity contribution in [3.05, 3.63) is 35.9 Å². The Morgan fingerprint density at radius 2 is 2.00 bits per heavy atom. The Balaban J connectivity index is 1.65. The molecule has 2 aromatic rings. The van der Waals surface area contributed by atoms with Crippen LogP contribution >= 0.6 is 0 Å². The number of hydrogen-bond acceptors (Lipinski definition) is 3. The molecule has 5 heteroatoms. The Kier molecular flexibility index (Phi) is 2.99. The largest absolute Gasteiger partial charge is 0.382 e. The minimum atomic E-state index is -0.0305. The number of anilines is 2. The van der Waals surface area contributed by atoms with Crippen molar-refractivity contribution in [3.8, 4) is 0 Å². The van der Waals surface area contributed by atoms with E-state index in [1.165, 1.54) is 0 Å². The summed E-state index contributed by atoms with van der Waals surface area (Å²) in [5.74, 6) is -0.0305. The predicted molar refractivity (Wildman–Crippen MR) is 86.2 cm³/mol. The molecule has 0 spiro atoms. The second-order valence-corrected chi connectivity index (χ2v) is 5.90. The van der Waals surface area contributed by atoms with Crippen molar-refractivity contribution >= 4 is 34.5 Å². The van der Waals surface area contributed by atoms with Gasteiger partial charge in [-0.15, -0.1) is 0 Å². The molecule has 2 aromatic carbocycles. The summed E-state index contributed by atoms with van der Waals surface area (Å²) in [4.78, 5) is 24.5. The molecule has 0 unspecified atom stereocenters. The number of rotatable bonds is 3. The van der Waals surface area contributed by atoms with Gasteiger partial charge in [-0.1, -0.05) is 12.1 Å². The van der Waals surface area contributed by atoms with Crippen molar-refractivity contribution in [2.75, 3.05) is 23.7 Å². The second-order valence-electron chi connectivity index (χ2n) is 5.90. The number of carbonyl (C=O) groups excluding carboxylic acids is 2. The highest BCUT2D eigenvalue weighted by Gasteiger charge is 2.23. The van der Waals surface area contributed by atoms with Crippen LogP contribution in [-0.2, 0) is 4.79 Å². The van der Waals surface area contributed by atoms with Crippen LogP contribution in [-0.4, -0.2) is 36.3 Å². The molecule has 22 heavy (non-hydrogen) atoms. The zero-order valence-electron chi connectivity index (χ0n) is 12.1. The van der Waals surface area contributed by atoms with Crippen molar-refractivity contribution in [2.45, 2.75) is 18.9 Å². The van der Waals surface area contributed by atoms with Gasteiger partial charge >= 0.3 is 0 Å². The third-order valence-corrected chi connectivity index (χ3v) is 4.57. The molecule has 1 saturated heterocycles. The summed E-state index contributed by atoms with van der Waals surface area (Å²) in [6.45, 7) is 1.59. The van der Waals surface area contributed by atoms with Crippen LogP contribution in [0.15, 0.2) is 30.3 Å². The number of benzene rings is 2. The first-order chi connectivity index (χ1) is 10.8. The lowest BCUT2D eigenvalue weighted by Crippen LogP contribution is -2.38. The number of nitrogens with zero attached hydrogens (tertiary/aromatic N) is 1. The molecular weight excluding hydrogens is 278 g/mol. The lowest BCUT2D eigenvalue weighted by molar-refractivity contribution is -0.118. The summed E-state index contributed by atoms with van der Waals surface area (Å²) in [6.07, 6.45) is 2.81. The number of carbonyl (C=O) groups is 2. The van der Waals surface area contributed by atoms with Crippen LogP contribution < -0.4 is 10.6 Å². The summed E-state index contributed by atoms with van der Waals surface area (Å²) in [6, 6.07) is 10.2. The highest BCUT2D eigenvalue weighted by Crippen LogP contribution is 2.37. The number of nitrogens with one attached hydrogen (secondary N) is 2. The van der Waals surface area contributed by atoms with Crippen LogP contribution in [0.2, 0.25) is 0 Å². The third kappa shape index (κ3) is 2.01. The third-order valence-electron chi connectivity index (χ3n) is 4.57. The fourth-order valence-corrected chi connectivity index (χ4v) is 3.38. The van der Waals surface area contributed by atoms with E-state index in [1.807, 2.05) is 35.2 Å². The summed E-state index contributed by atoms with van der Waals surface area (Å²) < 4.78 is 0. The molecule has 1 fully saturated rings. The molecule has 4 rings (SSSR count). The van der Waals surface area contributed by atoms with Gasteiger partial charge in [-0.25, -0.2) is 0 Å². The number of piperidine rings is 1. The topological polar surface area (TPSA) is 61.4 Å². The molecular formula is C17H17N3O2. The Hall–Kier alpha value is -2.56. The first-order valence-electron chi connectivity index (χ1n) is 7.59.